The van der Waals surface area contributed by atoms with Gasteiger partial charge in [-0.25, -0.2) is 0 Å². The monoisotopic (exact) mass is 220 g/mol. The lowest BCUT2D eigenvalue weighted by Gasteiger charge is -2.43. The number of rotatable bonds is 3. The molecule has 86 valence electrons. The Kier molecular flexibility index (Phi) is 2.83. The highest BCUT2D eigenvalue weighted by Gasteiger charge is 2.42. The maximum Gasteiger partial charge on any atom is 0.246 e. The zero-order chi connectivity index (χ0) is 11.7. The maximum absolute atomic E-state index is 11.6. The van der Waals surface area contributed by atoms with Crippen LogP contribution in [0.5, 0.6) is 5.75 Å². The van der Waals surface area contributed by atoms with Gasteiger partial charge in [0.05, 0.1) is 12.6 Å². The number of anilines is 1. The lowest BCUT2D eigenvalue weighted by atomic mass is 9.97. The molecule has 0 spiro atoms. The Morgan fingerprint density at radius 1 is 1.38 bits per heavy atom. The number of carbonyl (C=O) groups excluding carboxylic acids is 1. The fourth-order valence-corrected chi connectivity index (χ4v) is 1.88. The molecule has 1 aromatic rings. The molecule has 1 fully saturated rings. The van der Waals surface area contributed by atoms with Crippen molar-refractivity contribution in [3.05, 3.63) is 24.3 Å². The SMILES string of the molecule is CCOc1ccc(N2C(=O)[C@@H](N)[C@H]2C)cc1. The molecule has 1 aromatic carbocycles. The molecule has 4 heteroatoms. The van der Waals surface area contributed by atoms with Gasteiger partial charge in [-0.1, -0.05) is 0 Å². The van der Waals surface area contributed by atoms with Crippen molar-refractivity contribution >= 4 is 11.6 Å². The van der Waals surface area contributed by atoms with Crippen LogP contribution in [0.2, 0.25) is 0 Å². The first-order valence-electron chi connectivity index (χ1n) is 5.46. The van der Waals surface area contributed by atoms with Crippen LogP contribution in [0, 0.1) is 0 Å². The number of nitrogens with two attached hydrogens (primary N) is 1. The third kappa shape index (κ3) is 1.65. The van der Waals surface area contributed by atoms with Crippen molar-refractivity contribution < 1.29 is 9.53 Å². The summed E-state index contributed by atoms with van der Waals surface area (Å²) in [5.74, 6) is 0.799. The van der Waals surface area contributed by atoms with E-state index in [0.717, 1.165) is 11.4 Å². The highest BCUT2D eigenvalue weighted by molar-refractivity contribution is 6.05. The van der Waals surface area contributed by atoms with E-state index in [0.29, 0.717) is 6.61 Å². The van der Waals surface area contributed by atoms with Crippen LogP contribution in [0.25, 0.3) is 0 Å². The second-order valence-corrected chi connectivity index (χ2v) is 3.90. The van der Waals surface area contributed by atoms with Crippen molar-refractivity contribution in [1.82, 2.24) is 0 Å². The van der Waals surface area contributed by atoms with Crippen LogP contribution >= 0.6 is 0 Å². The van der Waals surface area contributed by atoms with Gasteiger partial charge in [0.1, 0.15) is 11.8 Å². The minimum atomic E-state index is -0.355. The van der Waals surface area contributed by atoms with Crippen LogP contribution in [-0.4, -0.2) is 24.6 Å². The molecule has 0 saturated carbocycles. The smallest absolute Gasteiger partial charge is 0.246 e. The fraction of sp³-hybridized carbons (Fsp3) is 0.417. The summed E-state index contributed by atoms with van der Waals surface area (Å²) in [4.78, 5) is 13.3. The second kappa shape index (κ2) is 4.14. The Morgan fingerprint density at radius 2 is 2.00 bits per heavy atom. The second-order valence-electron chi connectivity index (χ2n) is 3.90. The molecule has 0 radical (unpaired) electrons. The Hall–Kier alpha value is -1.55. The van der Waals surface area contributed by atoms with E-state index in [2.05, 4.69) is 0 Å². The molecule has 16 heavy (non-hydrogen) atoms. The first kappa shape index (κ1) is 11.0. The van der Waals surface area contributed by atoms with Crippen LogP contribution in [0.3, 0.4) is 0 Å². The predicted molar refractivity (Wildman–Crippen MR) is 62.5 cm³/mol. The number of hydrogen-bond acceptors (Lipinski definition) is 3. The highest BCUT2D eigenvalue weighted by atomic mass is 16.5. The molecule has 0 bridgehead atoms. The standard InChI is InChI=1S/C12H16N2O2/c1-3-16-10-6-4-9(5-7-10)14-8(2)11(13)12(14)15/h4-8,11H,3,13H2,1-2H3/t8-,11+/m1/s1. The maximum atomic E-state index is 11.6. The van der Waals surface area contributed by atoms with E-state index in [4.69, 9.17) is 10.5 Å². The van der Waals surface area contributed by atoms with Crippen molar-refractivity contribution in [2.75, 3.05) is 11.5 Å². The predicted octanol–water partition coefficient (Wildman–Crippen LogP) is 1.15. The van der Waals surface area contributed by atoms with Crippen LogP contribution in [0.4, 0.5) is 5.69 Å². The number of β-lactam (4-membered cyclic amide) rings is 1. The number of nitrogens with zero attached hydrogens (tertiary/aromatic N) is 1. The van der Waals surface area contributed by atoms with Gasteiger partial charge in [-0.2, -0.15) is 0 Å². The first-order chi connectivity index (χ1) is 7.65. The van der Waals surface area contributed by atoms with Gasteiger partial charge in [0.25, 0.3) is 0 Å². The summed E-state index contributed by atoms with van der Waals surface area (Å²) in [6.45, 7) is 4.53. The number of ether oxygens (including phenoxy) is 1. The summed E-state index contributed by atoms with van der Waals surface area (Å²) >= 11 is 0. The van der Waals surface area contributed by atoms with E-state index in [1.165, 1.54) is 0 Å². The minimum Gasteiger partial charge on any atom is -0.494 e. The van der Waals surface area contributed by atoms with Gasteiger partial charge in [-0.15, -0.1) is 0 Å². The van der Waals surface area contributed by atoms with E-state index >= 15 is 0 Å². The summed E-state index contributed by atoms with van der Waals surface area (Å²) in [6.07, 6.45) is 0. The van der Waals surface area contributed by atoms with Gasteiger partial charge in [-0.05, 0) is 38.1 Å². The van der Waals surface area contributed by atoms with E-state index in [1.54, 1.807) is 4.90 Å². The van der Waals surface area contributed by atoms with E-state index in [9.17, 15) is 4.79 Å². The molecule has 2 N–H and O–H groups in total. The molecule has 0 unspecified atom stereocenters. The highest BCUT2D eigenvalue weighted by Crippen LogP contribution is 2.28. The molecule has 1 amide bonds. The number of amides is 1. The third-order valence-electron chi connectivity index (χ3n) is 2.88. The summed E-state index contributed by atoms with van der Waals surface area (Å²) in [6, 6.07) is 7.21. The normalized spacial score (nSPS) is 24.2. The van der Waals surface area contributed by atoms with Crippen LogP contribution < -0.4 is 15.4 Å². The van der Waals surface area contributed by atoms with Crippen molar-refractivity contribution in [2.45, 2.75) is 25.9 Å². The Balaban J connectivity index is 2.13. The van der Waals surface area contributed by atoms with Gasteiger partial charge < -0.3 is 15.4 Å². The zero-order valence-corrected chi connectivity index (χ0v) is 9.51. The van der Waals surface area contributed by atoms with Gasteiger partial charge in [0.15, 0.2) is 0 Å². The quantitative estimate of drug-likeness (QED) is 0.777. The average molecular weight is 220 g/mol. The zero-order valence-electron chi connectivity index (χ0n) is 9.51. The fourth-order valence-electron chi connectivity index (χ4n) is 1.88. The Labute approximate surface area is 95.0 Å². The van der Waals surface area contributed by atoms with Crippen molar-refractivity contribution in [1.29, 1.82) is 0 Å². The summed E-state index contributed by atoms with van der Waals surface area (Å²) < 4.78 is 5.34. The molecule has 2 atom stereocenters. The molecule has 1 aliphatic rings. The van der Waals surface area contributed by atoms with E-state index in [1.807, 2.05) is 38.1 Å². The van der Waals surface area contributed by atoms with Crippen LogP contribution in [-0.2, 0) is 4.79 Å². The Morgan fingerprint density at radius 3 is 2.50 bits per heavy atom. The summed E-state index contributed by atoms with van der Waals surface area (Å²) in [7, 11) is 0. The number of benzene rings is 1. The van der Waals surface area contributed by atoms with E-state index in [-0.39, 0.29) is 18.0 Å². The van der Waals surface area contributed by atoms with Gasteiger partial charge in [0.2, 0.25) is 5.91 Å². The third-order valence-corrected chi connectivity index (χ3v) is 2.88. The van der Waals surface area contributed by atoms with Crippen LogP contribution in [0.15, 0.2) is 24.3 Å². The van der Waals surface area contributed by atoms with Gasteiger partial charge in [-0.3, -0.25) is 4.79 Å². The van der Waals surface area contributed by atoms with Crippen molar-refractivity contribution in [3.8, 4) is 5.75 Å². The first-order valence-corrected chi connectivity index (χ1v) is 5.46. The topological polar surface area (TPSA) is 55.6 Å². The number of carbonyl (C=O) groups is 1. The Bertz CT molecular complexity index is 389. The summed E-state index contributed by atoms with van der Waals surface area (Å²) in [5, 5.41) is 0. The van der Waals surface area contributed by atoms with Crippen LogP contribution in [0.1, 0.15) is 13.8 Å². The van der Waals surface area contributed by atoms with Crippen molar-refractivity contribution in [2.24, 2.45) is 5.73 Å². The minimum absolute atomic E-state index is 0.0170. The molecular weight excluding hydrogens is 204 g/mol. The molecule has 2 rings (SSSR count). The molecule has 0 aliphatic carbocycles. The molecule has 0 aromatic heterocycles. The van der Waals surface area contributed by atoms with E-state index < -0.39 is 0 Å². The van der Waals surface area contributed by atoms with Gasteiger partial charge in [0, 0.05) is 5.69 Å². The summed E-state index contributed by atoms with van der Waals surface area (Å²) in [5.41, 5.74) is 6.53. The molecule has 4 nitrogen and oxygen atoms in total. The average Bonchev–Trinajstić information content (AvgIpc) is 2.31. The lowest BCUT2D eigenvalue weighted by Crippen LogP contribution is -2.67. The molecule has 1 saturated heterocycles. The lowest BCUT2D eigenvalue weighted by molar-refractivity contribution is -0.125. The largest absolute Gasteiger partial charge is 0.494 e. The number of hydrogen-bond donors (Lipinski definition) is 1. The van der Waals surface area contributed by atoms with Crippen molar-refractivity contribution in [3.63, 3.8) is 0 Å². The molecule has 1 aliphatic heterocycles. The van der Waals surface area contributed by atoms with Gasteiger partial charge >= 0.3 is 0 Å². The molecule has 1 heterocycles. The molecular formula is C12H16N2O2.